The molecule has 0 bridgehead atoms. The summed E-state index contributed by atoms with van der Waals surface area (Å²) in [4.78, 5) is 52.0. The van der Waals surface area contributed by atoms with E-state index in [1.54, 1.807) is 32.9 Å². The average Bonchev–Trinajstić information content (AvgIpc) is 2.77. The Balaban J connectivity index is 2.38. The predicted octanol–water partition coefficient (Wildman–Crippen LogP) is 3.00. The molecule has 0 fully saturated rings. The monoisotopic (exact) mass is 498 g/mol. The third-order valence-corrected chi connectivity index (χ3v) is 5.26. The van der Waals surface area contributed by atoms with Gasteiger partial charge >= 0.3 is 6.09 Å². The van der Waals surface area contributed by atoms with Crippen molar-refractivity contribution in [2.24, 2.45) is 5.73 Å². The van der Waals surface area contributed by atoms with Crippen LogP contribution in [0.3, 0.4) is 0 Å². The Hall–Kier alpha value is -4.08. The lowest BCUT2D eigenvalue weighted by atomic mass is 10.0. The van der Waals surface area contributed by atoms with E-state index in [1.165, 1.54) is 36.2 Å². The number of nitrogens with zero attached hydrogens (tertiary/aromatic N) is 1. The summed E-state index contributed by atoms with van der Waals surface area (Å²) in [6, 6.07) is 10.8. The van der Waals surface area contributed by atoms with Crippen molar-refractivity contribution in [2.45, 2.75) is 58.2 Å². The number of hydrogen-bond acceptors (Lipinski definition) is 6. The Labute approximate surface area is 210 Å². The van der Waals surface area contributed by atoms with Crippen molar-refractivity contribution in [3.8, 4) is 5.75 Å². The molecule has 36 heavy (non-hydrogen) atoms. The first kappa shape index (κ1) is 28.2. The number of anilines is 1. The maximum absolute atomic E-state index is 13.5. The number of phenolic OH excluding ortho intramolecular Hbond substituents is 1. The van der Waals surface area contributed by atoms with Crippen molar-refractivity contribution in [2.75, 3.05) is 12.4 Å². The van der Waals surface area contributed by atoms with E-state index >= 15 is 0 Å². The molecular weight excluding hydrogens is 464 g/mol. The van der Waals surface area contributed by atoms with Crippen molar-refractivity contribution >= 4 is 29.5 Å². The molecule has 0 aliphatic rings. The quantitative estimate of drug-likeness (QED) is 0.417. The number of para-hydroxylation sites is 1. The fourth-order valence-corrected chi connectivity index (χ4v) is 3.49. The molecule has 2 aromatic carbocycles. The van der Waals surface area contributed by atoms with E-state index in [-0.39, 0.29) is 18.6 Å². The number of aromatic hydroxyl groups is 1. The molecule has 0 saturated heterocycles. The van der Waals surface area contributed by atoms with Gasteiger partial charge in [0.05, 0.1) is 0 Å². The number of primary amides is 1. The second kappa shape index (κ2) is 12.1. The number of hydrogen-bond donors (Lipinski definition) is 4. The first-order valence-electron chi connectivity index (χ1n) is 11.5. The van der Waals surface area contributed by atoms with Crippen LogP contribution in [-0.4, -0.2) is 52.5 Å². The van der Waals surface area contributed by atoms with Crippen molar-refractivity contribution in [1.82, 2.24) is 10.2 Å². The molecule has 10 heteroatoms. The number of phenols is 1. The zero-order valence-electron chi connectivity index (χ0n) is 21.2. The van der Waals surface area contributed by atoms with Crippen LogP contribution in [0.25, 0.3) is 0 Å². The van der Waals surface area contributed by atoms with Crippen LogP contribution in [-0.2, 0) is 19.1 Å². The molecule has 0 radical (unpaired) electrons. The number of amides is 4. The standard InChI is InChI=1S/C26H34N4O6/c1-16-8-6-7-9-19(16)28-23(33)22(17-10-12-18(31)13-11-17)30(5)24(34)20(14-15-21(27)32)29-25(35)36-26(2,3)4/h6-13,20,22,31H,14-15H2,1-5H3,(H2,27,32)(H,28,33)(H,29,35). The highest BCUT2D eigenvalue weighted by atomic mass is 16.6. The normalized spacial score (nSPS) is 12.7. The lowest BCUT2D eigenvalue weighted by molar-refractivity contribution is -0.139. The third-order valence-electron chi connectivity index (χ3n) is 5.26. The molecule has 0 saturated carbocycles. The van der Waals surface area contributed by atoms with Crippen LogP contribution in [0, 0.1) is 6.92 Å². The van der Waals surface area contributed by atoms with Gasteiger partial charge in [-0.1, -0.05) is 30.3 Å². The molecule has 0 aliphatic carbocycles. The number of ether oxygens (including phenoxy) is 1. The Kier molecular flexibility index (Phi) is 9.43. The molecule has 5 N–H and O–H groups in total. The molecular formula is C26H34N4O6. The maximum atomic E-state index is 13.5. The Morgan fingerprint density at radius 3 is 2.22 bits per heavy atom. The number of benzene rings is 2. The van der Waals surface area contributed by atoms with Gasteiger partial charge in [0.15, 0.2) is 0 Å². The van der Waals surface area contributed by atoms with Crippen LogP contribution in [0.15, 0.2) is 48.5 Å². The van der Waals surface area contributed by atoms with Gasteiger partial charge in [-0.2, -0.15) is 0 Å². The Morgan fingerprint density at radius 2 is 1.67 bits per heavy atom. The van der Waals surface area contributed by atoms with Gasteiger partial charge in [-0.3, -0.25) is 14.4 Å². The van der Waals surface area contributed by atoms with Crippen LogP contribution < -0.4 is 16.4 Å². The first-order valence-corrected chi connectivity index (χ1v) is 11.5. The van der Waals surface area contributed by atoms with Crippen molar-refractivity contribution < 1.29 is 29.0 Å². The predicted molar refractivity (Wildman–Crippen MR) is 135 cm³/mol. The third kappa shape index (κ3) is 8.30. The number of nitrogens with two attached hydrogens (primary N) is 1. The summed E-state index contributed by atoms with van der Waals surface area (Å²) in [6.45, 7) is 6.87. The minimum absolute atomic E-state index is 0.00304. The fourth-order valence-electron chi connectivity index (χ4n) is 3.49. The Morgan fingerprint density at radius 1 is 1.06 bits per heavy atom. The summed E-state index contributed by atoms with van der Waals surface area (Å²) in [5.74, 6) is -1.78. The molecule has 0 aliphatic heterocycles. The molecule has 0 heterocycles. The summed E-state index contributed by atoms with van der Waals surface area (Å²) >= 11 is 0. The van der Waals surface area contributed by atoms with Crippen molar-refractivity contribution in [3.05, 3.63) is 59.7 Å². The van der Waals surface area contributed by atoms with E-state index in [1.807, 2.05) is 19.1 Å². The second-order valence-corrected chi connectivity index (χ2v) is 9.45. The van der Waals surface area contributed by atoms with E-state index in [0.717, 1.165) is 5.56 Å². The summed E-state index contributed by atoms with van der Waals surface area (Å²) < 4.78 is 5.26. The topological polar surface area (TPSA) is 151 Å². The molecule has 2 rings (SSSR count). The first-order chi connectivity index (χ1) is 16.8. The zero-order chi connectivity index (χ0) is 27.0. The minimum Gasteiger partial charge on any atom is -0.508 e. The number of likely N-dealkylation sites (N-methyl/N-ethyl adjacent to an activating group) is 1. The van der Waals surface area contributed by atoms with Crippen LogP contribution in [0.2, 0.25) is 0 Å². The lowest BCUT2D eigenvalue weighted by Gasteiger charge is -2.31. The molecule has 194 valence electrons. The maximum Gasteiger partial charge on any atom is 0.408 e. The van der Waals surface area contributed by atoms with Gasteiger partial charge in [-0.25, -0.2) is 4.79 Å². The summed E-state index contributed by atoms with van der Waals surface area (Å²) in [7, 11) is 1.42. The molecule has 2 aromatic rings. The van der Waals surface area contributed by atoms with Crippen molar-refractivity contribution in [1.29, 1.82) is 0 Å². The largest absolute Gasteiger partial charge is 0.508 e. The lowest BCUT2D eigenvalue weighted by Crippen LogP contribution is -2.51. The van der Waals surface area contributed by atoms with E-state index in [4.69, 9.17) is 10.5 Å². The zero-order valence-corrected chi connectivity index (χ0v) is 21.2. The number of nitrogens with one attached hydrogen (secondary N) is 2. The van der Waals surface area contributed by atoms with Gasteiger partial charge in [0.1, 0.15) is 23.4 Å². The van der Waals surface area contributed by atoms with Gasteiger partial charge < -0.3 is 31.1 Å². The number of alkyl carbamates (subject to hydrolysis) is 1. The number of rotatable bonds is 9. The smallest absolute Gasteiger partial charge is 0.408 e. The van der Waals surface area contributed by atoms with Gasteiger partial charge in [-0.15, -0.1) is 0 Å². The van der Waals surface area contributed by atoms with Crippen LogP contribution in [0.1, 0.15) is 50.8 Å². The highest BCUT2D eigenvalue weighted by Crippen LogP contribution is 2.26. The highest BCUT2D eigenvalue weighted by Gasteiger charge is 2.34. The van der Waals surface area contributed by atoms with E-state index < -0.39 is 41.5 Å². The number of carbonyl (C=O) groups excluding carboxylic acids is 4. The average molecular weight is 499 g/mol. The summed E-state index contributed by atoms with van der Waals surface area (Å²) in [5, 5.41) is 15.0. The highest BCUT2D eigenvalue weighted by molar-refractivity contribution is 5.99. The Bertz CT molecular complexity index is 1090. The molecule has 10 nitrogen and oxygen atoms in total. The molecule has 0 aromatic heterocycles. The number of carbonyl (C=O) groups is 4. The minimum atomic E-state index is -1.18. The van der Waals surface area contributed by atoms with Gasteiger partial charge in [-0.05, 0) is 63.4 Å². The molecule has 0 spiro atoms. The van der Waals surface area contributed by atoms with E-state index in [9.17, 15) is 24.3 Å². The second-order valence-electron chi connectivity index (χ2n) is 9.45. The van der Waals surface area contributed by atoms with Gasteiger partial charge in [0, 0.05) is 19.2 Å². The van der Waals surface area contributed by atoms with Gasteiger partial charge in [0.25, 0.3) is 5.91 Å². The molecule has 4 amide bonds. The summed E-state index contributed by atoms with van der Waals surface area (Å²) in [5.41, 5.74) is 6.29. The van der Waals surface area contributed by atoms with E-state index in [2.05, 4.69) is 10.6 Å². The fraction of sp³-hybridized carbons (Fsp3) is 0.385. The molecule has 2 atom stereocenters. The van der Waals surface area contributed by atoms with E-state index in [0.29, 0.717) is 11.3 Å². The van der Waals surface area contributed by atoms with Crippen LogP contribution in [0.5, 0.6) is 5.75 Å². The number of aryl methyl sites for hydroxylation is 1. The summed E-state index contributed by atoms with van der Waals surface area (Å²) in [6.07, 6.45) is -1.09. The molecule has 2 unspecified atom stereocenters. The van der Waals surface area contributed by atoms with Gasteiger partial charge in [0.2, 0.25) is 11.8 Å². The SMILES string of the molecule is Cc1ccccc1NC(=O)C(c1ccc(O)cc1)N(C)C(=O)C(CCC(N)=O)NC(=O)OC(C)(C)C. The van der Waals surface area contributed by atoms with Crippen molar-refractivity contribution in [3.63, 3.8) is 0 Å². The van der Waals surface area contributed by atoms with Crippen LogP contribution >= 0.6 is 0 Å². The van der Waals surface area contributed by atoms with Crippen LogP contribution in [0.4, 0.5) is 10.5 Å².